The van der Waals surface area contributed by atoms with Gasteiger partial charge in [0.05, 0.1) is 6.54 Å². The van der Waals surface area contributed by atoms with Gasteiger partial charge in [-0.2, -0.15) is 0 Å². The number of nitrogens with one attached hydrogen (secondary N) is 1. The van der Waals surface area contributed by atoms with E-state index in [2.05, 4.69) is 5.32 Å². The van der Waals surface area contributed by atoms with Crippen LogP contribution in [0.15, 0.2) is 0 Å². The minimum Gasteiger partial charge on any atom is -0.343 e. The first-order chi connectivity index (χ1) is 8.08. The summed E-state index contributed by atoms with van der Waals surface area (Å²) >= 11 is 0. The van der Waals surface area contributed by atoms with Crippen molar-refractivity contribution in [1.29, 1.82) is 0 Å². The lowest BCUT2D eigenvalue weighted by Crippen LogP contribution is -2.59. The van der Waals surface area contributed by atoms with Crippen molar-refractivity contribution in [3.8, 4) is 0 Å². The van der Waals surface area contributed by atoms with Crippen molar-refractivity contribution in [3.05, 3.63) is 0 Å². The third-order valence-electron chi connectivity index (χ3n) is 3.63. The number of rotatable bonds is 5. The van der Waals surface area contributed by atoms with Crippen LogP contribution >= 0.6 is 0 Å². The molecule has 4 heteroatoms. The summed E-state index contributed by atoms with van der Waals surface area (Å²) < 4.78 is 0. The molecule has 0 spiro atoms. The van der Waals surface area contributed by atoms with Crippen molar-refractivity contribution in [2.45, 2.75) is 45.6 Å². The minimum absolute atomic E-state index is 0.0188. The average Bonchev–Trinajstić information content (AvgIpc) is 3.06. The Morgan fingerprint density at radius 2 is 2.06 bits per heavy atom. The van der Waals surface area contributed by atoms with Crippen molar-refractivity contribution in [2.75, 3.05) is 13.1 Å². The molecule has 4 nitrogen and oxygen atoms in total. The van der Waals surface area contributed by atoms with Crippen LogP contribution in [0, 0.1) is 11.8 Å². The molecule has 1 saturated carbocycles. The Morgan fingerprint density at radius 1 is 1.35 bits per heavy atom. The van der Waals surface area contributed by atoms with E-state index in [0.717, 1.165) is 18.9 Å². The number of amides is 2. The molecule has 0 aromatic heterocycles. The van der Waals surface area contributed by atoms with Crippen LogP contribution in [0.4, 0.5) is 0 Å². The lowest BCUT2D eigenvalue weighted by molar-refractivity contribution is -0.145. The number of carbonyl (C=O) groups is 2. The van der Waals surface area contributed by atoms with Crippen LogP contribution in [0.1, 0.15) is 39.5 Å². The maximum atomic E-state index is 12.1. The summed E-state index contributed by atoms with van der Waals surface area (Å²) in [6.07, 6.45) is 4.94. The first-order valence-corrected chi connectivity index (χ1v) is 6.66. The van der Waals surface area contributed by atoms with E-state index in [1.807, 2.05) is 13.8 Å². The lowest BCUT2D eigenvalue weighted by atomic mass is 10.0. The summed E-state index contributed by atoms with van der Waals surface area (Å²) in [4.78, 5) is 25.4. The van der Waals surface area contributed by atoms with Crippen molar-refractivity contribution >= 4 is 11.8 Å². The first-order valence-electron chi connectivity index (χ1n) is 6.66. The molecule has 0 aromatic carbocycles. The van der Waals surface area contributed by atoms with E-state index in [4.69, 9.17) is 0 Å². The molecule has 2 amide bonds. The molecule has 1 atom stereocenters. The van der Waals surface area contributed by atoms with E-state index >= 15 is 0 Å². The Bertz CT molecular complexity index is 311. The molecule has 1 heterocycles. The van der Waals surface area contributed by atoms with Gasteiger partial charge in [0.25, 0.3) is 0 Å². The summed E-state index contributed by atoms with van der Waals surface area (Å²) in [7, 11) is 0. The highest BCUT2D eigenvalue weighted by atomic mass is 16.2. The van der Waals surface area contributed by atoms with Gasteiger partial charge < -0.3 is 10.2 Å². The molecule has 1 aliphatic heterocycles. The van der Waals surface area contributed by atoms with E-state index in [1.165, 1.54) is 19.3 Å². The second-order valence-electron chi connectivity index (χ2n) is 5.63. The molecule has 96 valence electrons. The third-order valence-corrected chi connectivity index (χ3v) is 3.63. The zero-order valence-corrected chi connectivity index (χ0v) is 10.7. The molecule has 0 bridgehead atoms. The molecule has 2 fully saturated rings. The van der Waals surface area contributed by atoms with Gasteiger partial charge in [0.2, 0.25) is 11.8 Å². The fourth-order valence-corrected chi connectivity index (χ4v) is 2.35. The van der Waals surface area contributed by atoms with Gasteiger partial charge in [-0.25, -0.2) is 0 Å². The second kappa shape index (κ2) is 5.07. The van der Waals surface area contributed by atoms with Crippen LogP contribution < -0.4 is 5.32 Å². The summed E-state index contributed by atoms with van der Waals surface area (Å²) in [5, 5.41) is 2.78. The molecule has 1 N–H and O–H groups in total. The molecule has 2 rings (SSSR count). The molecular formula is C13H22N2O2. The Hall–Kier alpha value is -1.06. The molecule has 1 unspecified atom stereocenters. The van der Waals surface area contributed by atoms with Crippen molar-refractivity contribution in [1.82, 2.24) is 10.2 Å². The Labute approximate surface area is 103 Å². The van der Waals surface area contributed by atoms with Gasteiger partial charge in [0, 0.05) is 6.54 Å². The second-order valence-corrected chi connectivity index (χ2v) is 5.63. The quantitative estimate of drug-likeness (QED) is 0.781. The van der Waals surface area contributed by atoms with E-state index in [9.17, 15) is 9.59 Å². The Morgan fingerprint density at radius 3 is 2.65 bits per heavy atom. The third kappa shape index (κ3) is 3.20. The fraction of sp³-hybridized carbons (Fsp3) is 0.846. The summed E-state index contributed by atoms with van der Waals surface area (Å²) in [6.45, 7) is 4.92. The van der Waals surface area contributed by atoms with Crippen LogP contribution in [0.25, 0.3) is 0 Å². The van der Waals surface area contributed by atoms with Gasteiger partial charge in [0.15, 0.2) is 0 Å². The molecule has 2 aliphatic rings. The zero-order chi connectivity index (χ0) is 12.4. The van der Waals surface area contributed by atoms with E-state index < -0.39 is 0 Å². The highest BCUT2D eigenvalue weighted by Crippen LogP contribution is 2.33. The highest BCUT2D eigenvalue weighted by molar-refractivity contribution is 5.94. The van der Waals surface area contributed by atoms with Gasteiger partial charge in [-0.3, -0.25) is 9.59 Å². The molecule has 17 heavy (non-hydrogen) atoms. The molecule has 1 aliphatic carbocycles. The smallest absolute Gasteiger partial charge is 0.245 e. The minimum atomic E-state index is -0.322. The normalized spacial score (nSPS) is 25.4. The number of nitrogens with zero attached hydrogens (tertiary/aromatic N) is 1. The Balaban J connectivity index is 1.85. The SMILES string of the molecule is CC(C)C1NC(=O)CN(CCCC2CC2)C1=O. The van der Waals surface area contributed by atoms with Crippen LogP contribution in [-0.2, 0) is 9.59 Å². The molecule has 0 aromatic rings. The fourth-order valence-electron chi connectivity index (χ4n) is 2.35. The number of carbonyl (C=O) groups excluding carboxylic acids is 2. The summed E-state index contributed by atoms with van der Waals surface area (Å²) in [5.41, 5.74) is 0. The van der Waals surface area contributed by atoms with Crippen LogP contribution in [0.5, 0.6) is 0 Å². The largest absolute Gasteiger partial charge is 0.343 e. The molecule has 0 radical (unpaired) electrons. The van der Waals surface area contributed by atoms with Crippen LogP contribution in [0.3, 0.4) is 0 Å². The standard InChI is InChI=1S/C13H22N2O2/c1-9(2)12-13(17)15(8-11(16)14-12)7-3-4-10-5-6-10/h9-10,12H,3-8H2,1-2H3,(H,14,16). The van der Waals surface area contributed by atoms with Crippen molar-refractivity contribution in [3.63, 3.8) is 0 Å². The molecule has 1 saturated heterocycles. The Kier molecular flexibility index (Phi) is 3.69. The van der Waals surface area contributed by atoms with Crippen LogP contribution in [-0.4, -0.2) is 35.8 Å². The van der Waals surface area contributed by atoms with Crippen molar-refractivity contribution < 1.29 is 9.59 Å². The maximum Gasteiger partial charge on any atom is 0.245 e. The summed E-state index contributed by atoms with van der Waals surface area (Å²) in [6, 6.07) is -0.322. The summed E-state index contributed by atoms with van der Waals surface area (Å²) in [5.74, 6) is 1.13. The zero-order valence-electron chi connectivity index (χ0n) is 10.7. The average molecular weight is 238 g/mol. The van der Waals surface area contributed by atoms with Gasteiger partial charge in [0.1, 0.15) is 6.04 Å². The number of piperazine rings is 1. The van der Waals surface area contributed by atoms with Crippen molar-refractivity contribution in [2.24, 2.45) is 11.8 Å². The lowest BCUT2D eigenvalue weighted by Gasteiger charge is -2.34. The number of hydrogen-bond acceptors (Lipinski definition) is 2. The predicted molar refractivity (Wildman–Crippen MR) is 65.3 cm³/mol. The molecular weight excluding hydrogens is 216 g/mol. The van der Waals surface area contributed by atoms with Gasteiger partial charge in [-0.15, -0.1) is 0 Å². The van der Waals surface area contributed by atoms with Crippen LogP contribution in [0.2, 0.25) is 0 Å². The van der Waals surface area contributed by atoms with Gasteiger partial charge in [-0.1, -0.05) is 26.7 Å². The van der Waals surface area contributed by atoms with E-state index in [-0.39, 0.29) is 30.3 Å². The first kappa shape index (κ1) is 12.4. The highest BCUT2D eigenvalue weighted by Gasteiger charge is 2.34. The number of hydrogen-bond donors (Lipinski definition) is 1. The topological polar surface area (TPSA) is 49.4 Å². The predicted octanol–water partition coefficient (Wildman–Crippen LogP) is 1.16. The monoisotopic (exact) mass is 238 g/mol. The van der Waals surface area contributed by atoms with E-state index in [1.54, 1.807) is 4.90 Å². The maximum absolute atomic E-state index is 12.1. The van der Waals surface area contributed by atoms with Gasteiger partial charge >= 0.3 is 0 Å². The van der Waals surface area contributed by atoms with Gasteiger partial charge in [-0.05, 0) is 24.7 Å². The van der Waals surface area contributed by atoms with E-state index in [0.29, 0.717) is 0 Å².